The van der Waals surface area contributed by atoms with Crippen LogP contribution in [0.15, 0.2) is 30.3 Å². The first-order chi connectivity index (χ1) is 3.93. The Bertz CT molecular complexity index is 146. The van der Waals surface area contributed by atoms with Gasteiger partial charge in [0.05, 0.1) is 0 Å². The molecule has 0 saturated heterocycles. The van der Waals surface area contributed by atoms with Gasteiger partial charge in [0.25, 0.3) is 0 Å². The van der Waals surface area contributed by atoms with Gasteiger partial charge in [0.2, 0.25) is 0 Å². The zero-order valence-corrected chi connectivity index (χ0v) is 4.39. The van der Waals surface area contributed by atoms with Gasteiger partial charge in [0.15, 0.2) is 0 Å². The molecule has 0 aliphatic rings. The molecule has 0 saturated carbocycles. The summed E-state index contributed by atoms with van der Waals surface area (Å²) in [6, 6.07) is 9.37. The second-order valence-corrected chi connectivity index (χ2v) is 1.49. The van der Waals surface area contributed by atoms with Crippen molar-refractivity contribution in [3.8, 4) is 0 Å². The Morgan fingerprint density at radius 2 is 1.75 bits per heavy atom. The van der Waals surface area contributed by atoms with E-state index in [1.54, 1.807) is 0 Å². The normalized spacial score (nSPS) is 8.62. The highest BCUT2D eigenvalue weighted by molar-refractivity contribution is 5.42. The van der Waals surface area contributed by atoms with Crippen LogP contribution >= 0.6 is 0 Å². The number of nitrogens with one attached hydrogen (secondary N) is 1. The molecule has 1 aromatic rings. The average Bonchev–Trinajstić information content (AvgIpc) is 1.90. The zero-order valence-electron chi connectivity index (χ0n) is 4.39. The molecular weight excluding hydrogens is 98.1 g/mol. The third-order valence-corrected chi connectivity index (χ3v) is 0.918. The maximum absolute atomic E-state index is 6.69. The summed E-state index contributed by atoms with van der Waals surface area (Å²) in [5, 5.41) is 2.28. The Morgan fingerprint density at radius 3 is 2.12 bits per heavy atom. The fraction of sp³-hybridized carbons (Fsp3) is 0. The highest BCUT2D eigenvalue weighted by Crippen LogP contribution is 2.02. The molecule has 0 unspecified atom stereocenters. The summed E-state index contributed by atoms with van der Waals surface area (Å²) in [5.41, 5.74) is 0.826. The Morgan fingerprint density at radius 1 is 1.12 bits per heavy atom. The van der Waals surface area contributed by atoms with E-state index < -0.39 is 0 Å². The van der Waals surface area contributed by atoms with Crippen LogP contribution in [0.2, 0.25) is 0 Å². The molecule has 8 heavy (non-hydrogen) atoms. The van der Waals surface area contributed by atoms with Gasteiger partial charge in [-0.2, -0.15) is 0 Å². The van der Waals surface area contributed by atoms with Gasteiger partial charge in [-0.05, 0) is 12.1 Å². The highest BCUT2D eigenvalue weighted by atomic mass is 14.8. The number of anilines is 1. The molecule has 0 fully saturated rings. The largest absolute Gasteiger partial charge is 0.373 e. The van der Waals surface area contributed by atoms with Crippen molar-refractivity contribution in [2.75, 3.05) is 5.32 Å². The standard InChI is InChI=1S/C7H6N/c1-8-7-5-3-2-4-6-7/h2-6,8H. The molecule has 0 aromatic heterocycles. The maximum atomic E-state index is 6.69. The summed E-state index contributed by atoms with van der Waals surface area (Å²) in [6.45, 7) is 0. The van der Waals surface area contributed by atoms with Gasteiger partial charge < -0.3 is 5.32 Å². The maximum Gasteiger partial charge on any atom is 0.122 e. The van der Waals surface area contributed by atoms with Crippen LogP contribution in [0.4, 0.5) is 5.69 Å². The summed E-state index contributed by atoms with van der Waals surface area (Å²) in [5.74, 6) is 0. The van der Waals surface area contributed by atoms with Gasteiger partial charge in [-0.1, -0.05) is 18.2 Å². The number of hydrogen-bond acceptors (Lipinski definition) is 1. The predicted molar refractivity (Wildman–Crippen MR) is 33.3 cm³/mol. The van der Waals surface area contributed by atoms with E-state index in [0.29, 0.717) is 0 Å². The van der Waals surface area contributed by atoms with Crippen molar-refractivity contribution in [1.29, 1.82) is 0 Å². The Kier molecular flexibility index (Phi) is 1.52. The van der Waals surface area contributed by atoms with E-state index in [2.05, 4.69) is 5.32 Å². The third-order valence-electron chi connectivity index (χ3n) is 0.918. The molecule has 1 nitrogen and oxygen atoms in total. The first kappa shape index (κ1) is 5.16. The van der Waals surface area contributed by atoms with E-state index in [4.69, 9.17) is 7.05 Å². The molecule has 39 valence electrons. The van der Waals surface area contributed by atoms with Gasteiger partial charge in [-0.3, -0.25) is 0 Å². The smallest absolute Gasteiger partial charge is 0.122 e. The van der Waals surface area contributed by atoms with Crippen molar-refractivity contribution >= 4 is 5.69 Å². The predicted octanol–water partition coefficient (Wildman–Crippen LogP) is 1.64. The number of benzene rings is 1. The van der Waals surface area contributed by atoms with E-state index >= 15 is 0 Å². The number of rotatable bonds is 1. The second kappa shape index (κ2) is 2.36. The van der Waals surface area contributed by atoms with Crippen molar-refractivity contribution in [2.45, 2.75) is 0 Å². The number of para-hydroxylation sites is 1. The quantitative estimate of drug-likeness (QED) is 0.571. The van der Waals surface area contributed by atoms with E-state index in [9.17, 15) is 0 Å². The zero-order chi connectivity index (χ0) is 5.82. The van der Waals surface area contributed by atoms with Crippen LogP contribution < -0.4 is 5.32 Å². The molecule has 1 N–H and O–H groups in total. The molecule has 3 radical (unpaired) electrons. The lowest BCUT2D eigenvalue weighted by Gasteiger charge is -1.92. The Labute approximate surface area is 49.3 Å². The van der Waals surface area contributed by atoms with Crippen LogP contribution in [0.25, 0.3) is 0 Å². The van der Waals surface area contributed by atoms with Crippen LogP contribution in [0.5, 0.6) is 0 Å². The van der Waals surface area contributed by atoms with Crippen LogP contribution in [0, 0.1) is 7.05 Å². The summed E-state index contributed by atoms with van der Waals surface area (Å²) in [4.78, 5) is 0. The minimum atomic E-state index is 0.826. The van der Waals surface area contributed by atoms with Gasteiger partial charge in [0.1, 0.15) is 7.05 Å². The lowest BCUT2D eigenvalue weighted by atomic mass is 10.3. The fourth-order valence-electron chi connectivity index (χ4n) is 0.521. The molecule has 0 bridgehead atoms. The minimum Gasteiger partial charge on any atom is -0.373 e. The Balaban J connectivity index is 2.83. The first-order valence-corrected chi connectivity index (χ1v) is 2.41. The van der Waals surface area contributed by atoms with Crippen LogP contribution in [0.3, 0.4) is 0 Å². The molecule has 0 aliphatic carbocycles. The average molecular weight is 104 g/mol. The van der Waals surface area contributed by atoms with Crippen molar-refractivity contribution in [2.24, 2.45) is 0 Å². The summed E-state index contributed by atoms with van der Waals surface area (Å²) >= 11 is 0. The first-order valence-electron chi connectivity index (χ1n) is 2.41. The van der Waals surface area contributed by atoms with Gasteiger partial charge >= 0.3 is 0 Å². The summed E-state index contributed by atoms with van der Waals surface area (Å²) < 4.78 is 0. The number of hydrogen-bond donors (Lipinski definition) is 1. The molecule has 0 amide bonds. The van der Waals surface area contributed by atoms with Gasteiger partial charge in [-0.25, -0.2) is 0 Å². The van der Waals surface area contributed by atoms with E-state index in [0.717, 1.165) is 5.69 Å². The van der Waals surface area contributed by atoms with Crippen molar-refractivity contribution in [1.82, 2.24) is 0 Å². The highest BCUT2D eigenvalue weighted by Gasteiger charge is 1.78. The van der Waals surface area contributed by atoms with Crippen molar-refractivity contribution in [3.05, 3.63) is 37.4 Å². The third kappa shape index (κ3) is 0.997. The summed E-state index contributed by atoms with van der Waals surface area (Å²) in [7, 11) is 6.69. The molecule has 1 heteroatoms. The van der Waals surface area contributed by atoms with Crippen LogP contribution in [-0.2, 0) is 0 Å². The van der Waals surface area contributed by atoms with E-state index in [1.165, 1.54) is 0 Å². The van der Waals surface area contributed by atoms with Crippen molar-refractivity contribution < 1.29 is 0 Å². The fourth-order valence-corrected chi connectivity index (χ4v) is 0.521. The van der Waals surface area contributed by atoms with Crippen LogP contribution in [0.1, 0.15) is 0 Å². The molecule has 0 spiro atoms. The molecule has 1 rings (SSSR count). The van der Waals surface area contributed by atoms with E-state index in [-0.39, 0.29) is 0 Å². The second-order valence-electron chi connectivity index (χ2n) is 1.49. The lowest BCUT2D eigenvalue weighted by Crippen LogP contribution is -1.80. The molecular formula is C7H6N. The Hall–Kier alpha value is -0.980. The van der Waals surface area contributed by atoms with Gasteiger partial charge in [0, 0.05) is 5.69 Å². The molecule has 0 aliphatic heterocycles. The topological polar surface area (TPSA) is 12.0 Å². The van der Waals surface area contributed by atoms with Crippen LogP contribution in [-0.4, -0.2) is 0 Å². The monoisotopic (exact) mass is 104 g/mol. The lowest BCUT2D eigenvalue weighted by molar-refractivity contribution is 1.59. The summed E-state index contributed by atoms with van der Waals surface area (Å²) in [6.07, 6.45) is 0. The minimum absolute atomic E-state index is 0.826. The van der Waals surface area contributed by atoms with Crippen molar-refractivity contribution in [3.63, 3.8) is 0 Å². The van der Waals surface area contributed by atoms with E-state index in [1.807, 2.05) is 30.3 Å². The molecule has 0 heterocycles. The SMILES string of the molecule is [C]Nc1ccccc1. The molecule has 1 aromatic carbocycles. The molecule has 0 atom stereocenters. The van der Waals surface area contributed by atoms with Gasteiger partial charge in [-0.15, -0.1) is 0 Å².